The van der Waals surface area contributed by atoms with Crippen LogP contribution in [-0.2, 0) is 4.74 Å². The molecule has 6 aliphatic carbocycles. The Bertz CT molecular complexity index is 891. The van der Waals surface area contributed by atoms with Gasteiger partial charge in [-0.25, -0.2) is 0 Å². The number of hydrogen-bond donors (Lipinski definition) is 0. The lowest BCUT2D eigenvalue weighted by molar-refractivity contribution is -0.0797. The second kappa shape index (κ2) is 11.2. The summed E-state index contributed by atoms with van der Waals surface area (Å²) in [7, 11) is 0. The lowest BCUT2D eigenvalue weighted by Crippen LogP contribution is -2.62. The monoisotopic (exact) mass is 583 g/mol. The van der Waals surface area contributed by atoms with E-state index in [-0.39, 0.29) is 0 Å². The van der Waals surface area contributed by atoms with Gasteiger partial charge in [0, 0.05) is 45.0 Å². The van der Waals surface area contributed by atoms with Crippen LogP contribution in [0.1, 0.15) is 135 Å². The van der Waals surface area contributed by atoms with Gasteiger partial charge in [-0.1, -0.05) is 51.4 Å². The highest BCUT2D eigenvalue weighted by atomic mass is 32.2. The zero-order valence-electron chi connectivity index (χ0n) is 25.2. The van der Waals surface area contributed by atoms with Gasteiger partial charge in [-0.05, 0) is 113 Å². The summed E-state index contributed by atoms with van der Waals surface area (Å²) < 4.78 is 7.52. The van der Waals surface area contributed by atoms with Crippen molar-refractivity contribution in [3.05, 3.63) is 0 Å². The number of hydrogen-bond acceptors (Lipinski definition) is 4. The van der Waals surface area contributed by atoms with Crippen molar-refractivity contribution in [2.24, 2.45) is 35.5 Å². The van der Waals surface area contributed by atoms with Gasteiger partial charge < -0.3 is 4.74 Å². The maximum absolute atomic E-state index is 7.52. The van der Waals surface area contributed by atoms with Gasteiger partial charge in [0.2, 0.25) is 0 Å². The third-order valence-corrected chi connectivity index (χ3v) is 18.2. The van der Waals surface area contributed by atoms with Crippen LogP contribution in [0.2, 0.25) is 0 Å². The van der Waals surface area contributed by atoms with Crippen LogP contribution in [0.25, 0.3) is 0 Å². The summed E-state index contributed by atoms with van der Waals surface area (Å²) in [6, 6.07) is 2.71. The maximum atomic E-state index is 7.52. The van der Waals surface area contributed by atoms with Gasteiger partial charge in [0.1, 0.15) is 0 Å². The Kier molecular flexibility index (Phi) is 7.56. The molecule has 0 radical (unpaired) electrons. The first-order valence-electron chi connectivity index (χ1n) is 18.6. The molecule has 0 amide bonds. The van der Waals surface area contributed by atoms with E-state index in [1.165, 1.54) is 135 Å². The van der Waals surface area contributed by atoms with Crippen molar-refractivity contribution in [3.8, 4) is 0 Å². The average molecular weight is 584 g/mol. The van der Waals surface area contributed by atoms with E-state index >= 15 is 0 Å². The molecule has 0 aromatic heterocycles. The number of ether oxygens (including phenoxy) is 1. The van der Waals surface area contributed by atoms with Crippen LogP contribution >= 0.6 is 23.5 Å². The van der Waals surface area contributed by atoms with Crippen LogP contribution in [0.4, 0.5) is 0 Å². The molecular formula is C36H57NOS2. The van der Waals surface area contributed by atoms with Crippen LogP contribution in [0.3, 0.4) is 0 Å². The fourth-order valence-corrected chi connectivity index (χ4v) is 17.2. The first-order chi connectivity index (χ1) is 19.8. The zero-order chi connectivity index (χ0) is 26.2. The molecule has 15 atom stereocenters. The number of nitrogens with zero attached hydrogens (tertiary/aromatic N) is 1. The Morgan fingerprint density at radius 3 is 1.90 bits per heavy atom. The van der Waals surface area contributed by atoms with E-state index in [0.717, 1.165) is 74.6 Å². The lowest BCUT2D eigenvalue weighted by Gasteiger charge is -2.57. The second-order valence-electron chi connectivity index (χ2n) is 16.2. The van der Waals surface area contributed by atoms with Gasteiger partial charge in [0.25, 0.3) is 0 Å². The molecule has 9 fully saturated rings. The van der Waals surface area contributed by atoms with E-state index < -0.39 is 0 Å². The summed E-state index contributed by atoms with van der Waals surface area (Å²) in [6.07, 6.45) is 32.9. The van der Waals surface area contributed by atoms with Crippen molar-refractivity contribution in [2.75, 3.05) is 0 Å². The van der Waals surface area contributed by atoms with Crippen molar-refractivity contribution in [2.45, 2.75) is 186 Å². The standard InChI is InChI=1S/C36H57NOS2/c1-4-16-30-27(11-1)34-33(39-30)20-19-26-25-13-8-12-24(35(25)38-36(26)34)22-9-7-10-23(21-22)37-28-14-2-5-17-31(28)40-32-18-6-3-15-29(32)37/h22-36H,1-21H2. The molecule has 3 heterocycles. The largest absolute Gasteiger partial charge is 0.374 e. The first-order valence-corrected chi connectivity index (χ1v) is 20.5. The highest BCUT2D eigenvalue weighted by Gasteiger charge is 2.60. The average Bonchev–Trinajstić information content (AvgIpc) is 3.58. The van der Waals surface area contributed by atoms with Crippen molar-refractivity contribution >= 4 is 23.5 Å². The molecule has 0 bridgehead atoms. The molecule has 4 heteroatoms. The van der Waals surface area contributed by atoms with Gasteiger partial charge >= 0.3 is 0 Å². The molecule has 224 valence electrons. The summed E-state index contributed by atoms with van der Waals surface area (Å²) >= 11 is 4.91. The summed E-state index contributed by atoms with van der Waals surface area (Å²) in [5.74, 6) is 5.57. The molecule has 0 aromatic rings. The maximum Gasteiger partial charge on any atom is 0.0652 e. The van der Waals surface area contributed by atoms with Crippen molar-refractivity contribution in [3.63, 3.8) is 0 Å². The number of rotatable bonds is 2. The fourth-order valence-electron chi connectivity index (χ4n) is 13.1. The molecule has 0 N–H and O–H groups in total. The van der Waals surface area contributed by atoms with E-state index in [1.807, 2.05) is 0 Å². The molecule has 2 nitrogen and oxygen atoms in total. The predicted molar refractivity (Wildman–Crippen MR) is 170 cm³/mol. The zero-order valence-corrected chi connectivity index (χ0v) is 26.8. The van der Waals surface area contributed by atoms with Crippen LogP contribution in [0.5, 0.6) is 0 Å². The second-order valence-corrected chi connectivity index (χ2v) is 19.2. The van der Waals surface area contributed by atoms with Gasteiger partial charge in [-0.2, -0.15) is 23.5 Å². The summed E-state index contributed by atoms with van der Waals surface area (Å²) in [5.41, 5.74) is 0. The third-order valence-electron chi connectivity index (χ3n) is 14.6. The molecule has 3 saturated heterocycles. The van der Waals surface area contributed by atoms with E-state index in [4.69, 9.17) is 4.74 Å². The molecule has 9 aliphatic rings. The summed E-state index contributed by atoms with van der Waals surface area (Å²) in [5, 5.41) is 3.83. The minimum absolute atomic E-state index is 0.626. The van der Waals surface area contributed by atoms with Crippen molar-refractivity contribution in [1.82, 2.24) is 4.90 Å². The quantitative estimate of drug-likeness (QED) is 0.321. The first kappa shape index (κ1) is 27.0. The van der Waals surface area contributed by atoms with Crippen molar-refractivity contribution in [1.29, 1.82) is 0 Å². The van der Waals surface area contributed by atoms with Crippen LogP contribution < -0.4 is 0 Å². The number of thioether (sulfide) groups is 2. The van der Waals surface area contributed by atoms with Crippen LogP contribution in [0.15, 0.2) is 0 Å². The van der Waals surface area contributed by atoms with Crippen LogP contribution in [0, 0.1) is 35.5 Å². The normalized spacial score (nSPS) is 56.2. The molecule has 40 heavy (non-hydrogen) atoms. The molecular weight excluding hydrogens is 527 g/mol. The predicted octanol–water partition coefficient (Wildman–Crippen LogP) is 9.10. The Hall–Kier alpha value is 0.620. The highest BCUT2D eigenvalue weighted by Crippen LogP contribution is 2.62. The Morgan fingerprint density at radius 2 is 1.07 bits per heavy atom. The molecule has 0 aromatic carbocycles. The third kappa shape index (κ3) is 4.47. The fraction of sp³-hybridized carbons (Fsp3) is 1.00. The van der Waals surface area contributed by atoms with E-state index in [9.17, 15) is 0 Å². The summed E-state index contributed by atoms with van der Waals surface area (Å²) in [4.78, 5) is 3.27. The van der Waals surface area contributed by atoms with Gasteiger partial charge in [0.05, 0.1) is 12.2 Å². The molecule has 6 saturated carbocycles. The SMILES string of the molecule is C1CCC2C(C1)SC1CCC3C4CCCC(C5CCCC(N6C7CCCCC7SC7CCCCC76)C5)C4OC3C12. The van der Waals surface area contributed by atoms with Gasteiger partial charge in [0.15, 0.2) is 0 Å². The lowest BCUT2D eigenvalue weighted by atomic mass is 9.62. The van der Waals surface area contributed by atoms with Gasteiger partial charge in [-0.15, -0.1) is 0 Å². The van der Waals surface area contributed by atoms with E-state index in [1.54, 1.807) is 0 Å². The molecule has 9 rings (SSSR count). The Balaban J connectivity index is 0.947. The topological polar surface area (TPSA) is 12.5 Å². The Morgan fingerprint density at radius 1 is 0.450 bits per heavy atom. The minimum Gasteiger partial charge on any atom is -0.374 e. The minimum atomic E-state index is 0.626. The molecule has 0 spiro atoms. The molecule has 3 aliphatic heterocycles. The Labute approximate surface area is 254 Å². The summed E-state index contributed by atoms with van der Waals surface area (Å²) in [6.45, 7) is 0. The smallest absolute Gasteiger partial charge is 0.0652 e. The number of fused-ring (bicyclic) bond motifs is 9. The molecule has 15 unspecified atom stereocenters. The van der Waals surface area contributed by atoms with Crippen LogP contribution in [-0.4, -0.2) is 56.2 Å². The van der Waals surface area contributed by atoms with Crippen molar-refractivity contribution < 1.29 is 4.74 Å². The van der Waals surface area contributed by atoms with E-state index in [2.05, 4.69) is 28.4 Å². The van der Waals surface area contributed by atoms with Gasteiger partial charge in [-0.3, -0.25) is 4.90 Å². The highest BCUT2D eigenvalue weighted by molar-refractivity contribution is 8.01. The van der Waals surface area contributed by atoms with E-state index in [0.29, 0.717) is 12.2 Å².